The van der Waals surface area contributed by atoms with Gasteiger partial charge in [0.15, 0.2) is 0 Å². The van der Waals surface area contributed by atoms with Crippen molar-refractivity contribution in [3.63, 3.8) is 0 Å². The first kappa shape index (κ1) is 11.1. The first-order valence-corrected chi connectivity index (χ1v) is 5.43. The summed E-state index contributed by atoms with van der Waals surface area (Å²) >= 11 is -4.32. The third-order valence-electron chi connectivity index (χ3n) is 0.222. The first-order chi connectivity index (χ1) is 4.71. The molecule has 1 saturated heterocycles. The molecule has 0 unspecified atom stereocenters. The molecule has 1 aliphatic heterocycles. The van der Waals surface area contributed by atoms with E-state index in [1.165, 1.54) is 0 Å². The summed E-state index contributed by atoms with van der Waals surface area (Å²) in [6.45, 7) is 0. The van der Waals surface area contributed by atoms with Gasteiger partial charge >= 0.3 is 42.0 Å². The molecule has 0 aromatic carbocycles. The van der Waals surface area contributed by atoms with Crippen molar-refractivity contribution in [3.8, 4) is 0 Å². The van der Waals surface area contributed by atoms with Gasteiger partial charge < -0.3 is 14.7 Å². The summed E-state index contributed by atoms with van der Waals surface area (Å²) in [7, 11) is -4.64. The van der Waals surface area contributed by atoms with Crippen LogP contribution in [0.15, 0.2) is 0 Å². The summed E-state index contributed by atoms with van der Waals surface area (Å²) in [4.78, 5) is 21.6. The quantitative estimate of drug-likeness (QED) is 0.339. The van der Waals surface area contributed by atoms with Crippen LogP contribution in [0.2, 0.25) is 0 Å². The zero-order valence-corrected chi connectivity index (χ0v) is 6.82. The van der Waals surface area contributed by atoms with E-state index in [4.69, 9.17) is 19.2 Å². The van der Waals surface area contributed by atoms with Crippen LogP contribution in [0, 0.1) is 0 Å². The topological polar surface area (TPSA) is 140 Å². The molecule has 1 aliphatic rings. The normalized spacial score (nSPS) is 21.0. The average molecular weight is 230 g/mol. The molecule has 3 N–H and O–H groups in total. The fourth-order valence-corrected chi connectivity index (χ4v) is 0.302. The van der Waals surface area contributed by atoms with Crippen LogP contribution >= 0.6 is 7.82 Å². The maximum absolute atomic E-state index is 9.59. The van der Waals surface area contributed by atoms with Gasteiger partial charge in [-0.1, -0.05) is 0 Å². The van der Waals surface area contributed by atoms with Crippen molar-refractivity contribution in [2.45, 2.75) is 0 Å². The molecule has 68 valence electrons. The van der Waals surface area contributed by atoms with Gasteiger partial charge in [0.25, 0.3) is 0 Å². The minimum absolute atomic E-state index is 3.38. The fraction of sp³-hybridized carbons (Fsp3) is 0. The van der Waals surface area contributed by atoms with E-state index in [0.717, 1.165) is 0 Å². The summed E-state index contributed by atoms with van der Waals surface area (Å²) < 4.78 is 34.9. The predicted molar refractivity (Wildman–Crippen MR) is 18.9 cm³/mol. The van der Waals surface area contributed by atoms with Gasteiger partial charge in [-0.05, 0) is 0 Å². The van der Waals surface area contributed by atoms with Gasteiger partial charge in [0.05, 0.1) is 0 Å². The van der Waals surface area contributed by atoms with E-state index in [1.807, 2.05) is 0 Å². The summed E-state index contributed by atoms with van der Waals surface area (Å²) in [5.41, 5.74) is 0. The molecule has 0 amide bonds. The van der Waals surface area contributed by atoms with Crippen LogP contribution in [0.3, 0.4) is 0 Å². The second kappa shape index (κ2) is 3.68. The van der Waals surface area contributed by atoms with Gasteiger partial charge in [-0.15, -0.1) is 0 Å². The third-order valence-corrected chi connectivity index (χ3v) is 0.916. The van der Waals surface area contributed by atoms with Crippen molar-refractivity contribution in [2.24, 2.45) is 0 Å². The zero-order chi connectivity index (χ0) is 9.12. The molecular formula is H3CrO9P. The summed E-state index contributed by atoms with van der Waals surface area (Å²) in [6, 6.07) is 0. The van der Waals surface area contributed by atoms with E-state index in [0.29, 0.717) is 0 Å². The molecule has 1 rings (SSSR count). The molecular weight excluding hydrogens is 227 g/mol. The first-order valence-electron chi connectivity index (χ1n) is 1.78. The van der Waals surface area contributed by atoms with Crippen LogP contribution in [0.4, 0.5) is 0 Å². The Hall–Kier alpha value is 0.122. The van der Waals surface area contributed by atoms with Crippen molar-refractivity contribution < 1.29 is 53.4 Å². The molecule has 1 fully saturated rings. The molecule has 0 aromatic heterocycles. The molecule has 11 heteroatoms. The van der Waals surface area contributed by atoms with Crippen LogP contribution in [0.25, 0.3) is 0 Å². The Labute approximate surface area is 62.0 Å². The van der Waals surface area contributed by atoms with Crippen molar-refractivity contribution in [3.05, 3.63) is 0 Å². The van der Waals surface area contributed by atoms with E-state index in [2.05, 4.69) is 12.9 Å². The molecule has 1 heterocycles. The van der Waals surface area contributed by atoms with E-state index in [1.54, 1.807) is 0 Å². The Balaban J connectivity index is 0.000000187. The Morgan fingerprint density at radius 2 is 1.27 bits per heavy atom. The molecule has 9 nitrogen and oxygen atoms in total. The van der Waals surface area contributed by atoms with E-state index >= 15 is 0 Å². The van der Waals surface area contributed by atoms with Crippen LogP contribution in [-0.4, -0.2) is 14.7 Å². The Kier molecular flexibility index (Phi) is 3.72. The standard InChI is InChI=1S/Cr.H3O4P.H2O3.2O/c;1-5(2,3)4;1-3-2;;/h;(H3,1,2,3,4);1-2H;;/q+2;;;;/p-2. The second-order valence-corrected chi connectivity index (χ2v) is 3.85. The minimum atomic E-state index is -4.64. The number of rotatable bonds is 0. The van der Waals surface area contributed by atoms with Crippen molar-refractivity contribution in [1.29, 1.82) is 0 Å². The Morgan fingerprint density at radius 3 is 1.27 bits per heavy atom. The Morgan fingerprint density at radius 1 is 1.09 bits per heavy atom. The van der Waals surface area contributed by atoms with Crippen molar-refractivity contribution >= 4 is 7.82 Å². The van der Waals surface area contributed by atoms with Gasteiger partial charge in [-0.3, -0.25) is 0 Å². The molecule has 0 aromatic rings. The number of hydrogen-bond donors (Lipinski definition) is 3. The molecule has 0 bridgehead atoms. The number of phosphoric acid groups is 1. The van der Waals surface area contributed by atoms with Crippen LogP contribution < -0.4 is 0 Å². The van der Waals surface area contributed by atoms with Gasteiger partial charge in [-0.25, -0.2) is 4.57 Å². The fourth-order valence-electron chi connectivity index (χ4n) is 0.0731. The third kappa shape index (κ3) is 10.1. The summed E-state index contributed by atoms with van der Waals surface area (Å²) in [5, 5.41) is 3.38. The molecule has 0 saturated carbocycles. The van der Waals surface area contributed by atoms with E-state index < -0.39 is 21.4 Å². The number of hydrogen-bond acceptors (Lipinski definition) is 6. The SMILES string of the molecule is O=P(O)(O)O.[O]=[Cr]1(=[O])[O]O[O]1. The molecule has 0 spiro atoms. The van der Waals surface area contributed by atoms with Crippen LogP contribution in [0.1, 0.15) is 0 Å². The second-order valence-electron chi connectivity index (χ2n) is 1.13. The van der Waals surface area contributed by atoms with E-state index in [9.17, 15) is 7.61 Å². The van der Waals surface area contributed by atoms with Crippen LogP contribution in [-0.2, 0) is 38.7 Å². The van der Waals surface area contributed by atoms with Gasteiger partial charge in [-0.2, -0.15) is 0 Å². The van der Waals surface area contributed by atoms with Crippen LogP contribution in [0.5, 0.6) is 0 Å². The van der Waals surface area contributed by atoms with Gasteiger partial charge in [0.2, 0.25) is 0 Å². The Bertz CT molecular complexity index is 222. The predicted octanol–water partition coefficient (Wildman–Crippen LogP) is -1.37. The zero-order valence-electron chi connectivity index (χ0n) is 4.65. The molecule has 0 radical (unpaired) electrons. The molecule has 0 atom stereocenters. The van der Waals surface area contributed by atoms with E-state index in [-0.39, 0.29) is 0 Å². The molecule has 0 aliphatic carbocycles. The summed E-state index contributed by atoms with van der Waals surface area (Å²) in [6.07, 6.45) is 0. The monoisotopic (exact) mass is 230 g/mol. The maximum atomic E-state index is 9.59. The van der Waals surface area contributed by atoms with Crippen molar-refractivity contribution in [1.82, 2.24) is 0 Å². The summed E-state index contributed by atoms with van der Waals surface area (Å²) in [5.74, 6) is 0. The van der Waals surface area contributed by atoms with Crippen molar-refractivity contribution in [2.75, 3.05) is 0 Å². The average Bonchev–Trinajstić information content (AvgIpc) is 1.57. The van der Waals surface area contributed by atoms with Gasteiger partial charge in [0, 0.05) is 0 Å². The van der Waals surface area contributed by atoms with Gasteiger partial charge in [0.1, 0.15) is 0 Å². The molecule has 11 heavy (non-hydrogen) atoms.